The van der Waals surface area contributed by atoms with E-state index in [1.165, 1.54) is 6.92 Å². The molecule has 0 radical (unpaired) electrons. The molecule has 1 aromatic carbocycles. The quantitative estimate of drug-likeness (QED) is 0.599. The first-order valence-electron chi connectivity index (χ1n) is 4.58. The number of hydrogen-bond acceptors (Lipinski definition) is 3. The zero-order chi connectivity index (χ0) is 11.3. The van der Waals surface area contributed by atoms with Crippen molar-refractivity contribution >= 4 is 11.9 Å². The normalized spacial score (nSPS) is 9.47. The van der Waals surface area contributed by atoms with Gasteiger partial charge in [0.15, 0.2) is 6.73 Å². The predicted molar refractivity (Wildman–Crippen MR) is 55.3 cm³/mol. The molecule has 0 aliphatic carbocycles. The lowest BCUT2D eigenvalue weighted by Gasteiger charge is -2.05. The van der Waals surface area contributed by atoms with Crippen molar-refractivity contribution in [2.24, 2.45) is 0 Å². The molecule has 4 nitrogen and oxygen atoms in total. The van der Waals surface area contributed by atoms with E-state index in [9.17, 15) is 9.59 Å². The molecule has 80 valence electrons. The number of rotatable bonds is 3. The first-order chi connectivity index (χ1) is 7.09. The summed E-state index contributed by atoms with van der Waals surface area (Å²) in [4.78, 5) is 21.9. The average Bonchev–Trinajstić information content (AvgIpc) is 2.17. The van der Waals surface area contributed by atoms with E-state index < -0.39 is 5.97 Å². The molecule has 0 spiro atoms. The second kappa shape index (κ2) is 5.14. The molecule has 15 heavy (non-hydrogen) atoms. The summed E-state index contributed by atoms with van der Waals surface area (Å²) in [5.41, 5.74) is 1.57. The highest BCUT2D eigenvalue weighted by atomic mass is 16.5. The minimum Gasteiger partial charge on any atom is -0.445 e. The van der Waals surface area contributed by atoms with Crippen LogP contribution in [0.3, 0.4) is 0 Å². The molecule has 0 aliphatic heterocycles. The van der Waals surface area contributed by atoms with E-state index in [2.05, 4.69) is 10.1 Å². The van der Waals surface area contributed by atoms with Crippen LogP contribution in [0.4, 0.5) is 0 Å². The summed E-state index contributed by atoms with van der Waals surface area (Å²) in [5, 5.41) is 2.48. The molecule has 0 fully saturated rings. The summed E-state index contributed by atoms with van der Waals surface area (Å²) < 4.78 is 4.59. The average molecular weight is 207 g/mol. The van der Waals surface area contributed by atoms with Crippen LogP contribution in [0.1, 0.15) is 22.8 Å². The van der Waals surface area contributed by atoms with Crippen molar-refractivity contribution in [3.63, 3.8) is 0 Å². The monoisotopic (exact) mass is 207 g/mol. The van der Waals surface area contributed by atoms with Crippen LogP contribution >= 0.6 is 0 Å². The Bertz CT molecular complexity index is 374. The molecule has 0 heterocycles. The minimum absolute atomic E-state index is 0.0951. The maximum atomic E-state index is 11.5. The van der Waals surface area contributed by atoms with Crippen LogP contribution in [-0.4, -0.2) is 18.6 Å². The second-order valence-electron chi connectivity index (χ2n) is 3.16. The Morgan fingerprint density at radius 3 is 2.73 bits per heavy atom. The number of amides is 1. The van der Waals surface area contributed by atoms with Gasteiger partial charge in [-0.2, -0.15) is 0 Å². The summed E-state index contributed by atoms with van der Waals surface area (Å²) >= 11 is 0. The fourth-order valence-corrected chi connectivity index (χ4v) is 1.09. The number of aryl methyl sites for hydroxylation is 1. The Morgan fingerprint density at radius 2 is 2.13 bits per heavy atom. The highest BCUT2D eigenvalue weighted by Crippen LogP contribution is 2.03. The van der Waals surface area contributed by atoms with Gasteiger partial charge in [0.2, 0.25) is 0 Å². The van der Waals surface area contributed by atoms with E-state index in [4.69, 9.17) is 0 Å². The lowest BCUT2D eigenvalue weighted by Crippen LogP contribution is -2.27. The summed E-state index contributed by atoms with van der Waals surface area (Å²) in [6, 6.07) is 7.18. The molecule has 1 N–H and O–H groups in total. The number of hydrogen-bond donors (Lipinski definition) is 1. The third-order valence-corrected chi connectivity index (χ3v) is 1.79. The van der Waals surface area contributed by atoms with Crippen molar-refractivity contribution in [3.8, 4) is 0 Å². The van der Waals surface area contributed by atoms with Crippen LogP contribution in [0.25, 0.3) is 0 Å². The van der Waals surface area contributed by atoms with Gasteiger partial charge in [0.05, 0.1) is 0 Å². The van der Waals surface area contributed by atoms with E-state index >= 15 is 0 Å². The van der Waals surface area contributed by atoms with Crippen LogP contribution < -0.4 is 5.32 Å². The van der Waals surface area contributed by atoms with Crippen LogP contribution in [0, 0.1) is 6.92 Å². The van der Waals surface area contributed by atoms with Crippen LogP contribution in [0.2, 0.25) is 0 Å². The van der Waals surface area contributed by atoms with Crippen molar-refractivity contribution in [2.75, 3.05) is 6.73 Å². The zero-order valence-electron chi connectivity index (χ0n) is 8.74. The molecular formula is C11H13NO3. The van der Waals surface area contributed by atoms with Gasteiger partial charge in [-0.1, -0.05) is 17.7 Å². The van der Waals surface area contributed by atoms with Gasteiger partial charge in [-0.05, 0) is 19.1 Å². The molecule has 1 amide bonds. The Labute approximate surface area is 88.2 Å². The fourth-order valence-electron chi connectivity index (χ4n) is 1.09. The molecule has 0 atom stereocenters. The molecule has 0 saturated heterocycles. The van der Waals surface area contributed by atoms with Gasteiger partial charge < -0.3 is 10.1 Å². The van der Waals surface area contributed by atoms with Crippen molar-refractivity contribution in [1.29, 1.82) is 0 Å². The lowest BCUT2D eigenvalue weighted by molar-refractivity contribution is -0.141. The maximum Gasteiger partial charge on any atom is 0.304 e. The molecule has 0 unspecified atom stereocenters. The smallest absolute Gasteiger partial charge is 0.304 e. The Balaban J connectivity index is 2.50. The van der Waals surface area contributed by atoms with E-state index in [-0.39, 0.29) is 12.6 Å². The number of ether oxygens (including phenoxy) is 1. The third kappa shape index (κ3) is 3.81. The molecule has 1 aromatic rings. The van der Waals surface area contributed by atoms with Gasteiger partial charge in [0.1, 0.15) is 0 Å². The summed E-state index contributed by atoms with van der Waals surface area (Å²) in [6.45, 7) is 3.10. The number of benzene rings is 1. The fraction of sp³-hybridized carbons (Fsp3) is 0.273. The van der Waals surface area contributed by atoms with E-state index in [1.807, 2.05) is 13.0 Å². The van der Waals surface area contributed by atoms with Gasteiger partial charge in [0, 0.05) is 12.5 Å². The van der Waals surface area contributed by atoms with Crippen molar-refractivity contribution in [2.45, 2.75) is 13.8 Å². The van der Waals surface area contributed by atoms with Gasteiger partial charge >= 0.3 is 5.97 Å². The molecule has 0 aliphatic rings. The van der Waals surface area contributed by atoms with Gasteiger partial charge in [0.25, 0.3) is 5.91 Å². The molecule has 1 rings (SSSR count). The first-order valence-corrected chi connectivity index (χ1v) is 4.58. The summed E-state index contributed by atoms with van der Waals surface area (Å²) in [6.07, 6.45) is 0. The Hall–Kier alpha value is -1.84. The largest absolute Gasteiger partial charge is 0.445 e. The van der Waals surface area contributed by atoms with Crippen LogP contribution in [0.15, 0.2) is 24.3 Å². The zero-order valence-corrected chi connectivity index (χ0v) is 8.74. The van der Waals surface area contributed by atoms with E-state index in [0.29, 0.717) is 5.56 Å². The SMILES string of the molecule is CC(=O)OCNC(=O)c1cccc(C)c1. The van der Waals surface area contributed by atoms with Crippen LogP contribution in [-0.2, 0) is 9.53 Å². The van der Waals surface area contributed by atoms with E-state index in [1.54, 1.807) is 18.2 Å². The minimum atomic E-state index is -0.417. The predicted octanol–water partition coefficient (Wildman–Crippen LogP) is 1.25. The third-order valence-electron chi connectivity index (χ3n) is 1.79. The van der Waals surface area contributed by atoms with E-state index in [0.717, 1.165) is 5.56 Å². The molecule has 4 heteroatoms. The number of nitrogens with one attached hydrogen (secondary N) is 1. The summed E-state index contributed by atoms with van der Waals surface area (Å²) in [7, 11) is 0. The van der Waals surface area contributed by atoms with Gasteiger partial charge in [-0.15, -0.1) is 0 Å². The second-order valence-corrected chi connectivity index (χ2v) is 3.16. The Morgan fingerprint density at radius 1 is 1.40 bits per heavy atom. The van der Waals surface area contributed by atoms with Gasteiger partial charge in [-0.25, -0.2) is 0 Å². The lowest BCUT2D eigenvalue weighted by atomic mass is 10.1. The number of carbonyl (C=O) groups is 2. The number of esters is 1. The standard InChI is InChI=1S/C11H13NO3/c1-8-4-3-5-10(6-8)11(14)12-7-15-9(2)13/h3-6H,7H2,1-2H3,(H,12,14). The van der Waals surface area contributed by atoms with Crippen LogP contribution in [0.5, 0.6) is 0 Å². The Kier molecular flexibility index (Phi) is 3.85. The number of carbonyl (C=O) groups excluding carboxylic acids is 2. The highest BCUT2D eigenvalue weighted by molar-refractivity contribution is 5.94. The molecule has 0 aromatic heterocycles. The topological polar surface area (TPSA) is 55.4 Å². The molecule has 0 saturated carbocycles. The summed E-state index contributed by atoms with van der Waals surface area (Å²) in [5.74, 6) is -0.667. The van der Waals surface area contributed by atoms with Crippen molar-refractivity contribution in [1.82, 2.24) is 5.32 Å². The van der Waals surface area contributed by atoms with Crippen molar-refractivity contribution in [3.05, 3.63) is 35.4 Å². The van der Waals surface area contributed by atoms with Crippen molar-refractivity contribution < 1.29 is 14.3 Å². The molecular weight excluding hydrogens is 194 g/mol. The first kappa shape index (κ1) is 11.2. The molecule has 0 bridgehead atoms. The van der Waals surface area contributed by atoms with Gasteiger partial charge in [-0.3, -0.25) is 9.59 Å². The maximum absolute atomic E-state index is 11.5. The highest BCUT2D eigenvalue weighted by Gasteiger charge is 2.04.